The molecule has 0 amide bonds. The van der Waals surface area contributed by atoms with E-state index in [1.54, 1.807) is 6.07 Å². The van der Waals surface area contributed by atoms with Crippen LogP contribution in [0.3, 0.4) is 0 Å². The van der Waals surface area contributed by atoms with Crippen molar-refractivity contribution in [3.63, 3.8) is 0 Å². The molecule has 0 aliphatic carbocycles. The lowest BCUT2D eigenvalue weighted by Gasteiger charge is -2.20. The highest BCUT2D eigenvalue weighted by Crippen LogP contribution is 2.40. The second-order valence-corrected chi connectivity index (χ2v) is 6.42. The van der Waals surface area contributed by atoms with Crippen LogP contribution in [0.25, 0.3) is 0 Å². The standard InChI is InChI=1S/C12H20NO3P/c1-7(2)9-5-6-10(17(14,15)16)11(8(3)4)12(9)13/h5-8H,13H2,1-4H3,(H2,14,15,16). The summed E-state index contributed by atoms with van der Waals surface area (Å²) in [6, 6.07) is 3.21. The van der Waals surface area contributed by atoms with E-state index in [1.165, 1.54) is 6.07 Å². The molecule has 4 N–H and O–H groups in total. The average molecular weight is 257 g/mol. The Morgan fingerprint density at radius 2 is 1.65 bits per heavy atom. The first-order valence-electron chi connectivity index (χ1n) is 5.64. The van der Waals surface area contributed by atoms with Crippen molar-refractivity contribution < 1.29 is 14.4 Å². The van der Waals surface area contributed by atoms with Crippen LogP contribution in [-0.2, 0) is 4.57 Å². The van der Waals surface area contributed by atoms with Crippen LogP contribution in [-0.4, -0.2) is 9.79 Å². The fourth-order valence-corrected chi connectivity index (χ4v) is 2.97. The Bertz CT molecular complexity index is 463. The molecule has 1 aromatic carbocycles. The molecule has 0 saturated carbocycles. The number of hydrogen-bond donors (Lipinski definition) is 3. The smallest absolute Gasteiger partial charge is 0.356 e. The summed E-state index contributed by atoms with van der Waals surface area (Å²) in [5.74, 6) is 0.217. The van der Waals surface area contributed by atoms with Gasteiger partial charge in [0.25, 0.3) is 0 Å². The van der Waals surface area contributed by atoms with Crippen molar-refractivity contribution in [2.75, 3.05) is 5.73 Å². The molecular formula is C12H20NO3P. The van der Waals surface area contributed by atoms with Crippen LogP contribution in [0.1, 0.15) is 50.7 Å². The van der Waals surface area contributed by atoms with Crippen LogP contribution in [0.2, 0.25) is 0 Å². The van der Waals surface area contributed by atoms with E-state index in [1.807, 2.05) is 27.7 Å². The second kappa shape index (κ2) is 4.81. The zero-order valence-corrected chi connectivity index (χ0v) is 11.5. The molecular weight excluding hydrogens is 237 g/mol. The summed E-state index contributed by atoms with van der Waals surface area (Å²) in [5, 5.41) is 0.0504. The maximum absolute atomic E-state index is 11.4. The van der Waals surface area contributed by atoms with E-state index >= 15 is 0 Å². The van der Waals surface area contributed by atoms with Crippen LogP contribution in [0.15, 0.2) is 12.1 Å². The quantitative estimate of drug-likeness (QED) is 0.573. The minimum atomic E-state index is -4.27. The lowest BCUT2D eigenvalue weighted by molar-refractivity contribution is 0.387. The van der Waals surface area contributed by atoms with E-state index in [-0.39, 0.29) is 17.1 Å². The second-order valence-electron chi connectivity index (χ2n) is 4.85. The summed E-state index contributed by atoms with van der Waals surface area (Å²) in [6.07, 6.45) is 0. The molecule has 0 fully saturated rings. The summed E-state index contributed by atoms with van der Waals surface area (Å²) < 4.78 is 11.4. The first-order valence-corrected chi connectivity index (χ1v) is 7.25. The van der Waals surface area contributed by atoms with Crippen molar-refractivity contribution in [2.24, 2.45) is 0 Å². The van der Waals surface area contributed by atoms with Crippen molar-refractivity contribution in [3.05, 3.63) is 23.3 Å². The highest BCUT2D eigenvalue weighted by molar-refractivity contribution is 7.60. The number of rotatable bonds is 3. The topological polar surface area (TPSA) is 83.5 Å². The zero-order valence-electron chi connectivity index (χ0n) is 10.6. The van der Waals surface area contributed by atoms with Crippen molar-refractivity contribution in [3.8, 4) is 0 Å². The van der Waals surface area contributed by atoms with Crippen LogP contribution in [0, 0.1) is 0 Å². The fourth-order valence-electron chi connectivity index (χ4n) is 2.01. The molecule has 17 heavy (non-hydrogen) atoms. The number of nitrogens with two attached hydrogens (primary N) is 1. The van der Waals surface area contributed by atoms with Gasteiger partial charge in [-0.15, -0.1) is 0 Å². The first-order chi connectivity index (χ1) is 7.66. The first kappa shape index (κ1) is 14.2. The van der Waals surface area contributed by atoms with E-state index in [0.717, 1.165) is 5.56 Å². The molecule has 5 heteroatoms. The lowest BCUT2D eigenvalue weighted by Crippen LogP contribution is -2.17. The van der Waals surface area contributed by atoms with Crippen LogP contribution in [0.4, 0.5) is 5.69 Å². The summed E-state index contributed by atoms with van der Waals surface area (Å²) in [6.45, 7) is 7.78. The van der Waals surface area contributed by atoms with Gasteiger partial charge >= 0.3 is 7.60 Å². The Morgan fingerprint density at radius 1 is 1.12 bits per heavy atom. The molecule has 0 heterocycles. The molecule has 1 rings (SSSR count). The largest absolute Gasteiger partial charge is 0.398 e. The predicted octanol–water partition coefficient (Wildman–Crippen LogP) is 2.32. The van der Waals surface area contributed by atoms with Gasteiger partial charge in [0.1, 0.15) is 0 Å². The molecule has 1 aromatic rings. The molecule has 0 bridgehead atoms. The number of hydrogen-bond acceptors (Lipinski definition) is 2. The average Bonchev–Trinajstić information content (AvgIpc) is 2.14. The fraction of sp³-hybridized carbons (Fsp3) is 0.500. The van der Waals surface area contributed by atoms with Gasteiger partial charge in [0, 0.05) is 5.69 Å². The minimum absolute atomic E-state index is 0.0173. The van der Waals surface area contributed by atoms with Crippen molar-refractivity contribution in [2.45, 2.75) is 39.5 Å². The molecule has 0 radical (unpaired) electrons. The maximum atomic E-state index is 11.4. The van der Waals surface area contributed by atoms with Gasteiger partial charge in [-0.1, -0.05) is 33.8 Å². The molecule has 0 unspecified atom stereocenters. The minimum Gasteiger partial charge on any atom is -0.398 e. The molecule has 0 aliphatic heterocycles. The van der Waals surface area contributed by atoms with Crippen molar-refractivity contribution in [1.29, 1.82) is 0 Å². The van der Waals surface area contributed by atoms with E-state index in [4.69, 9.17) is 5.73 Å². The van der Waals surface area contributed by atoms with Crippen molar-refractivity contribution in [1.82, 2.24) is 0 Å². The number of anilines is 1. The highest BCUT2D eigenvalue weighted by Gasteiger charge is 2.26. The van der Waals surface area contributed by atoms with Gasteiger partial charge in [-0.25, -0.2) is 0 Å². The molecule has 96 valence electrons. The maximum Gasteiger partial charge on any atom is 0.356 e. The Kier molecular flexibility index (Phi) is 4.03. The van der Waals surface area contributed by atoms with Gasteiger partial charge in [0.15, 0.2) is 0 Å². The Balaban J connectivity index is 3.57. The van der Waals surface area contributed by atoms with Crippen molar-refractivity contribution >= 4 is 18.6 Å². The van der Waals surface area contributed by atoms with Gasteiger partial charge in [0.05, 0.1) is 5.30 Å². The number of nitrogen functional groups attached to an aromatic ring is 1. The highest BCUT2D eigenvalue weighted by atomic mass is 31.2. The van der Waals surface area contributed by atoms with E-state index in [9.17, 15) is 14.4 Å². The lowest BCUT2D eigenvalue weighted by atomic mass is 9.93. The van der Waals surface area contributed by atoms with Gasteiger partial charge in [-0.05, 0) is 29.0 Å². The molecule has 0 saturated heterocycles. The van der Waals surface area contributed by atoms with E-state index in [2.05, 4.69) is 0 Å². The zero-order chi connectivity index (χ0) is 13.4. The Hall–Kier alpha value is -0.830. The van der Waals surface area contributed by atoms with Crippen LogP contribution < -0.4 is 11.0 Å². The monoisotopic (exact) mass is 257 g/mol. The summed E-state index contributed by atoms with van der Waals surface area (Å²) in [4.78, 5) is 18.7. The third-order valence-electron chi connectivity index (χ3n) is 2.81. The SMILES string of the molecule is CC(C)c1ccc(P(=O)(O)O)c(C(C)C)c1N. The molecule has 0 aromatic heterocycles. The van der Waals surface area contributed by atoms with Crippen LogP contribution in [0.5, 0.6) is 0 Å². The van der Waals surface area contributed by atoms with Gasteiger partial charge in [-0.3, -0.25) is 4.57 Å². The predicted molar refractivity (Wildman–Crippen MR) is 70.7 cm³/mol. The number of benzene rings is 1. The molecule has 0 spiro atoms. The van der Waals surface area contributed by atoms with Gasteiger partial charge < -0.3 is 15.5 Å². The Labute approximate surface area is 102 Å². The van der Waals surface area contributed by atoms with Gasteiger partial charge in [0.2, 0.25) is 0 Å². The summed E-state index contributed by atoms with van der Waals surface area (Å²) in [5.41, 5.74) is 8.06. The van der Waals surface area contributed by atoms with E-state index in [0.29, 0.717) is 11.3 Å². The molecule has 0 atom stereocenters. The third-order valence-corrected chi connectivity index (χ3v) is 3.83. The normalized spacial score (nSPS) is 12.5. The summed E-state index contributed by atoms with van der Waals surface area (Å²) in [7, 11) is -4.27. The van der Waals surface area contributed by atoms with Gasteiger partial charge in [-0.2, -0.15) is 0 Å². The van der Waals surface area contributed by atoms with E-state index < -0.39 is 7.60 Å². The Morgan fingerprint density at radius 3 is 2.00 bits per heavy atom. The van der Waals surface area contributed by atoms with Crippen LogP contribution >= 0.6 is 7.60 Å². The molecule has 0 aliphatic rings. The third kappa shape index (κ3) is 2.89. The summed E-state index contributed by atoms with van der Waals surface area (Å²) >= 11 is 0. The molecule has 4 nitrogen and oxygen atoms in total.